The van der Waals surface area contributed by atoms with E-state index in [9.17, 15) is 4.79 Å². The van der Waals surface area contributed by atoms with Crippen molar-refractivity contribution in [2.45, 2.75) is 0 Å². The van der Waals surface area contributed by atoms with Gasteiger partial charge in [0.05, 0.1) is 12.4 Å². The first kappa shape index (κ1) is 10.9. The Morgan fingerprint density at radius 3 is 2.82 bits per heavy atom. The van der Waals surface area contributed by atoms with E-state index in [-0.39, 0.29) is 5.69 Å². The van der Waals surface area contributed by atoms with Gasteiger partial charge in [-0.3, -0.25) is 14.8 Å². The van der Waals surface area contributed by atoms with Gasteiger partial charge in [0.2, 0.25) is 0 Å². The predicted molar refractivity (Wildman–Crippen MR) is 61.3 cm³/mol. The van der Waals surface area contributed by atoms with Gasteiger partial charge in [-0.25, -0.2) is 10.4 Å². The molecule has 2 heterocycles. The highest BCUT2D eigenvalue weighted by Gasteiger charge is 2.03. The van der Waals surface area contributed by atoms with Gasteiger partial charge in [0, 0.05) is 30.4 Å². The van der Waals surface area contributed by atoms with Crippen molar-refractivity contribution < 1.29 is 4.79 Å². The molecular formula is C11H9N5O. The Labute approximate surface area is 97.5 Å². The first-order valence-electron chi connectivity index (χ1n) is 4.86. The molecule has 17 heavy (non-hydrogen) atoms. The Hall–Kier alpha value is -2.63. The summed E-state index contributed by atoms with van der Waals surface area (Å²) in [6.07, 6.45) is 9.11. The number of hydrogen-bond acceptors (Lipinski definition) is 5. The van der Waals surface area contributed by atoms with Crippen molar-refractivity contribution in [3.63, 3.8) is 0 Å². The maximum atomic E-state index is 11.5. The molecule has 2 rings (SSSR count). The smallest absolute Gasteiger partial charge is 0.265 e. The van der Waals surface area contributed by atoms with Crippen molar-refractivity contribution >= 4 is 12.1 Å². The Morgan fingerprint density at radius 2 is 2.12 bits per heavy atom. The zero-order chi connectivity index (χ0) is 11.9. The lowest BCUT2D eigenvalue weighted by molar-refractivity contribution is 0.0950. The molecule has 1 amide bonds. The quantitative estimate of drug-likeness (QED) is 0.616. The van der Waals surface area contributed by atoms with Gasteiger partial charge in [-0.1, -0.05) is 6.07 Å². The van der Waals surface area contributed by atoms with Crippen molar-refractivity contribution in [2.75, 3.05) is 0 Å². The van der Waals surface area contributed by atoms with Gasteiger partial charge in [-0.05, 0) is 6.07 Å². The third-order valence-corrected chi connectivity index (χ3v) is 1.86. The van der Waals surface area contributed by atoms with Crippen LogP contribution in [-0.2, 0) is 0 Å². The van der Waals surface area contributed by atoms with Crippen LogP contribution in [0.1, 0.15) is 16.1 Å². The van der Waals surface area contributed by atoms with Crippen LogP contribution in [-0.4, -0.2) is 27.1 Å². The first-order valence-corrected chi connectivity index (χ1v) is 4.86. The van der Waals surface area contributed by atoms with Gasteiger partial charge < -0.3 is 0 Å². The number of amides is 1. The first-order chi connectivity index (χ1) is 8.36. The summed E-state index contributed by atoms with van der Waals surface area (Å²) in [6.45, 7) is 0. The maximum Gasteiger partial charge on any atom is 0.291 e. The lowest BCUT2D eigenvalue weighted by Gasteiger charge is -1.97. The van der Waals surface area contributed by atoms with E-state index in [2.05, 4.69) is 25.5 Å². The summed E-state index contributed by atoms with van der Waals surface area (Å²) in [5, 5.41) is 3.79. The fourth-order valence-electron chi connectivity index (χ4n) is 1.09. The summed E-state index contributed by atoms with van der Waals surface area (Å²) in [5.41, 5.74) is 3.36. The standard InChI is InChI=1S/C11H9N5O/c17-11(10-8-13-4-5-14-10)16-15-7-9-2-1-3-12-6-9/h1-8H,(H,16,17)/b15-7+. The molecule has 0 bridgehead atoms. The Morgan fingerprint density at radius 1 is 1.24 bits per heavy atom. The van der Waals surface area contributed by atoms with Crippen molar-refractivity contribution in [3.8, 4) is 0 Å². The molecule has 6 heteroatoms. The predicted octanol–water partition coefficient (Wildman–Crippen LogP) is 0.635. The third kappa shape index (κ3) is 3.16. The number of hydrogen-bond donors (Lipinski definition) is 1. The summed E-state index contributed by atoms with van der Waals surface area (Å²) >= 11 is 0. The Kier molecular flexibility index (Phi) is 3.49. The van der Waals surface area contributed by atoms with E-state index in [1.165, 1.54) is 24.8 Å². The highest BCUT2D eigenvalue weighted by molar-refractivity contribution is 5.92. The number of rotatable bonds is 3. The highest BCUT2D eigenvalue weighted by Crippen LogP contribution is 1.91. The normalized spacial score (nSPS) is 10.4. The molecule has 0 fully saturated rings. The maximum absolute atomic E-state index is 11.5. The van der Waals surface area contributed by atoms with Crippen molar-refractivity contribution in [3.05, 3.63) is 54.4 Å². The van der Waals surface area contributed by atoms with Crippen molar-refractivity contribution in [1.82, 2.24) is 20.4 Å². The van der Waals surface area contributed by atoms with E-state index < -0.39 is 5.91 Å². The fraction of sp³-hybridized carbons (Fsp3) is 0. The number of nitrogens with zero attached hydrogens (tertiary/aromatic N) is 4. The molecule has 0 radical (unpaired) electrons. The molecule has 6 nitrogen and oxygen atoms in total. The van der Waals surface area contributed by atoms with Crippen molar-refractivity contribution in [2.24, 2.45) is 5.10 Å². The van der Waals surface area contributed by atoms with E-state index in [1.54, 1.807) is 18.5 Å². The molecule has 2 aromatic rings. The average molecular weight is 227 g/mol. The van der Waals surface area contributed by atoms with Gasteiger partial charge in [-0.2, -0.15) is 5.10 Å². The van der Waals surface area contributed by atoms with E-state index in [0.29, 0.717) is 0 Å². The van der Waals surface area contributed by atoms with E-state index in [0.717, 1.165) is 5.56 Å². The average Bonchev–Trinajstić information content (AvgIpc) is 2.41. The van der Waals surface area contributed by atoms with Gasteiger partial charge >= 0.3 is 0 Å². The van der Waals surface area contributed by atoms with E-state index in [1.807, 2.05) is 6.07 Å². The molecular weight excluding hydrogens is 218 g/mol. The minimum absolute atomic E-state index is 0.218. The zero-order valence-corrected chi connectivity index (χ0v) is 8.82. The minimum Gasteiger partial charge on any atom is -0.265 e. The van der Waals surface area contributed by atoms with Crippen LogP contribution in [0.25, 0.3) is 0 Å². The summed E-state index contributed by atoms with van der Waals surface area (Å²) in [7, 11) is 0. The molecule has 0 aliphatic heterocycles. The number of carbonyl (C=O) groups is 1. The lowest BCUT2D eigenvalue weighted by atomic mass is 10.3. The van der Waals surface area contributed by atoms with Crippen LogP contribution in [0.5, 0.6) is 0 Å². The molecule has 1 N–H and O–H groups in total. The molecule has 0 saturated carbocycles. The molecule has 0 aromatic carbocycles. The van der Waals surface area contributed by atoms with E-state index >= 15 is 0 Å². The molecule has 0 aliphatic carbocycles. The second kappa shape index (κ2) is 5.45. The van der Waals surface area contributed by atoms with Gasteiger partial charge in [0.25, 0.3) is 5.91 Å². The highest BCUT2D eigenvalue weighted by atomic mass is 16.2. The topological polar surface area (TPSA) is 80.1 Å². The van der Waals surface area contributed by atoms with Gasteiger partial charge in [0.15, 0.2) is 0 Å². The van der Waals surface area contributed by atoms with Crippen LogP contribution >= 0.6 is 0 Å². The lowest BCUT2D eigenvalue weighted by Crippen LogP contribution is -2.19. The number of hydrazone groups is 1. The van der Waals surface area contributed by atoms with Crippen LogP contribution < -0.4 is 5.43 Å². The third-order valence-electron chi connectivity index (χ3n) is 1.86. The summed E-state index contributed by atoms with van der Waals surface area (Å²) < 4.78 is 0. The summed E-state index contributed by atoms with van der Waals surface area (Å²) in [4.78, 5) is 23.0. The molecule has 0 saturated heterocycles. The van der Waals surface area contributed by atoms with Crippen LogP contribution in [0.15, 0.2) is 48.2 Å². The number of aromatic nitrogens is 3. The number of nitrogens with one attached hydrogen (secondary N) is 1. The van der Waals surface area contributed by atoms with Crippen LogP contribution in [0, 0.1) is 0 Å². The van der Waals surface area contributed by atoms with Crippen molar-refractivity contribution in [1.29, 1.82) is 0 Å². The van der Waals surface area contributed by atoms with E-state index in [4.69, 9.17) is 0 Å². The SMILES string of the molecule is O=C(N/N=C/c1cccnc1)c1cnccn1. The van der Waals surface area contributed by atoms with Crippen LogP contribution in [0.3, 0.4) is 0 Å². The summed E-state index contributed by atoms with van der Waals surface area (Å²) in [5.74, 6) is -0.404. The molecule has 84 valence electrons. The monoisotopic (exact) mass is 227 g/mol. The molecule has 2 aromatic heterocycles. The van der Waals surface area contributed by atoms with Gasteiger partial charge in [-0.15, -0.1) is 0 Å². The second-order valence-corrected chi connectivity index (χ2v) is 3.08. The van der Waals surface area contributed by atoms with Crippen LogP contribution in [0.4, 0.5) is 0 Å². The van der Waals surface area contributed by atoms with Gasteiger partial charge in [0.1, 0.15) is 5.69 Å². The van der Waals surface area contributed by atoms with Crippen LogP contribution in [0.2, 0.25) is 0 Å². The zero-order valence-electron chi connectivity index (χ0n) is 8.82. The molecule has 0 atom stereocenters. The molecule has 0 unspecified atom stereocenters. The fourth-order valence-corrected chi connectivity index (χ4v) is 1.09. The molecule has 0 aliphatic rings. The Balaban J connectivity index is 1.95. The number of carbonyl (C=O) groups excluding carboxylic acids is 1. The summed E-state index contributed by atoms with van der Waals surface area (Å²) in [6, 6.07) is 3.61. The second-order valence-electron chi connectivity index (χ2n) is 3.08. The largest absolute Gasteiger partial charge is 0.291 e. The Bertz CT molecular complexity index is 512. The minimum atomic E-state index is -0.404. The molecule has 0 spiro atoms. The number of pyridine rings is 1.